The predicted octanol–water partition coefficient (Wildman–Crippen LogP) is 1.91. The number of nitrogens with two attached hydrogens (primary N) is 1. The number of aromatic amines is 1. The molecular weight excluding hydrogens is 252 g/mol. The van der Waals surface area contributed by atoms with E-state index in [9.17, 15) is 4.79 Å². The number of nitrogens with one attached hydrogen (secondary N) is 2. The fourth-order valence-electron chi connectivity index (χ4n) is 1.46. The van der Waals surface area contributed by atoms with Crippen molar-refractivity contribution in [2.75, 3.05) is 11.9 Å². The molecule has 0 atom stereocenters. The van der Waals surface area contributed by atoms with Crippen molar-refractivity contribution in [3.05, 3.63) is 24.4 Å². The molecule has 4 N–H and O–H groups in total. The summed E-state index contributed by atoms with van der Waals surface area (Å²) in [6.07, 6.45) is 1.72. The second-order valence-electron chi connectivity index (χ2n) is 4.68. The van der Waals surface area contributed by atoms with Crippen molar-refractivity contribution < 1.29 is 4.79 Å². The van der Waals surface area contributed by atoms with Gasteiger partial charge < -0.3 is 11.1 Å². The number of para-hydroxylation sites is 1. The first-order chi connectivity index (χ1) is 8.04. The van der Waals surface area contributed by atoms with Gasteiger partial charge in [-0.2, -0.15) is 5.10 Å². The third kappa shape index (κ3) is 2.63. The second kappa shape index (κ2) is 5.37. The number of carbonyl (C=O) groups is 1. The fraction of sp³-hybridized carbons (Fsp3) is 0.333. The van der Waals surface area contributed by atoms with Crippen LogP contribution < -0.4 is 11.1 Å². The van der Waals surface area contributed by atoms with E-state index < -0.39 is 5.41 Å². The molecule has 0 fully saturated rings. The topological polar surface area (TPSA) is 83.8 Å². The molecule has 1 aromatic heterocycles. The van der Waals surface area contributed by atoms with Crippen LogP contribution in [0.25, 0.3) is 10.9 Å². The number of hydrogen-bond donors (Lipinski definition) is 3. The zero-order chi connectivity index (χ0) is 12.5. The van der Waals surface area contributed by atoms with Crippen LogP contribution in [0.3, 0.4) is 0 Å². The molecule has 0 radical (unpaired) electrons. The van der Waals surface area contributed by atoms with Gasteiger partial charge in [0.2, 0.25) is 5.91 Å². The molecule has 18 heavy (non-hydrogen) atoms. The summed E-state index contributed by atoms with van der Waals surface area (Å²) in [6, 6.07) is 5.65. The van der Waals surface area contributed by atoms with E-state index >= 15 is 0 Å². The number of H-pyrrole nitrogens is 1. The van der Waals surface area contributed by atoms with Crippen molar-refractivity contribution in [1.29, 1.82) is 0 Å². The molecule has 0 saturated carbocycles. The smallest absolute Gasteiger partial charge is 0.231 e. The maximum Gasteiger partial charge on any atom is 0.231 e. The molecule has 0 aliphatic rings. The number of amides is 1. The lowest BCUT2D eigenvalue weighted by atomic mass is 9.92. The van der Waals surface area contributed by atoms with Crippen molar-refractivity contribution in [3.8, 4) is 0 Å². The molecule has 2 aromatic rings. The summed E-state index contributed by atoms with van der Waals surface area (Å²) in [5.74, 6) is -0.0953. The van der Waals surface area contributed by atoms with Gasteiger partial charge in [-0.1, -0.05) is 12.1 Å². The number of nitrogens with zero attached hydrogens (tertiary/aromatic N) is 1. The minimum Gasteiger partial charge on any atom is -0.329 e. The van der Waals surface area contributed by atoms with Crippen LogP contribution in [-0.2, 0) is 4.79 Å². The number of carbonyl (C=O) groups excluding carboxylic acids is 1. The van der Waals surface area contributed by atoms with Crippen LogP contribution in [0.5, 0.6) is 0 Å². The molecule has 6 heteroatoms. The van der Waals surface area contributed by atoms with Crippen LogP contribution in [0.15, 0.2) is 24.4 Å². The molecule has 0 bridgehead atoms. The van der Waals surface area contributed by atoms with Crippen molar-refractivity contribution in [1.82, 2.24) is 10.2 Å². The molecule has 0 aliphatic carbocycles. The summed E-state index contributed by atoms with van der Waals surface area (Å²) in [5.41, 5.74) is 6.55. The zero-order valence-electron chi connectivity index (χ0n) is 10.4. The molecule has 98 valence electrons. The fourth-order valence-corrected chi connectivity index (χ4v) is 1.46. The Hall–Kier alpha value is -1.59. The highest BCUT2D eigenvalue weighted by atomic mass is 35.5. The van der Waals surface area contributed by atoms with E-state index in [-0.39, 0.29) is 18.3 Å². The Morgan fingerprint density at radius 2 is 2.22 bits per heavy atom. The average molecular weight is 269 g/mol. The summed E-state index contributed by atoms with van der Waals surface area (Å²) in [5, 5.41) is 10.7. The number of benzene rings is 1. The summed E-state index contributed by atoms with van der Waals surface area (Å²) >= 11 is 0. The first-order valence-corrected chi connectivity index (χ1v) is 5.48. The zero-order valence-corrected chi connectivity index (χ0v) is 11.2. The van der Waals surface area contributed by atoms with E-state index in [2.05, 4.69) is 15.5 Å². The monoisotopic (exact) mass is 268 g/mol. The van der Waals surface area contributed by atoms with E-state index in [1.807, 2.05) is 32.0 Å². The Morgan fingerprint density at radius 3 is 2.89 bits per heavy atom. The number of anilines is 1. The normalized spacial score (nSPS) is 11.1. The lowest BCUT2D eigenvalue weighted by Gasteiger charge is -2.21. The van der Waals surface area contributed by atoms with Gasteiger partial charge in [-0.25, -0.2) is 0 Å². The predicted molar refractivity (Wildman–Crippen MR) is 74.8 cm³/mol. The molecule has 1 aromatic carbocycles. The van der Waals surface area contributed by atoms with Crippen LogP contribution in [0, 0.1) is 5.41 Å². The second-order valence-corrected chi connectivity index (χ2v) is 4.68. The van der Waals surface area contributed by atoms with E-state index in [1.165, 1.54) is 0 Å². The van der Waals surface area contributed by atoms with Crippen LogP contribution in [-0.4, -0.2) is 22.6 Å². The van der Waals surface area contributed by atoms with Crippen LogP contribution in [0.1, 0.15) is 13.8 Å². The van der Waals surface area contributed by atoms with E-state index in [1.54, 1.807) is 6.20 Å². The number of aromatic nitrogens is 2. The third-order valence-electron chi connectivity index (χ3n) is 2.85. The highest BCUT2D eigenvalue weighted by Gasteiger charge is 2.26. The molecule has 1 heterocycles. The molecule has 0 unspecified atom stereocenters. The first kappa shape index (κ1) is 14.5. The molecular formula is C12H17ClN4O. The Balaban J connectivity index is 0.00000162. The Labute approximate surface area is 112 Å². The van der Waals surface area contributed by atoms with Gasteiger partial charge in [0.05, 0.1) is 22.8 Å². The summed E-state index contributed by atoms with van der Waals surface area (Å²) < 4.78 is 0. The molecule has 5 nitrogen and oxygen atoms in total. The standard InChI is InChI=1S/C12H16N4O.ClH/c1-12(2,7-13)11(17)15-9-5-3-4-8-6-14-16-10(8)9;/h3-6H,7,13H2,1-2H3,(H,14,16)(H,15,17);1H. The van der Waals surface area contributed by atoms with Gasteiger partial charge in [-0.05, 0) is 19.9 Å². The first-order valence-electron chi connectivity index (χ1n) is 5.48. The van der Waals surface area contributed by atoms with Gasteiger partial charge in [0.1, 0.15) is 0 Å². The van der Waals surface area contributed by atoms with E-state index in [0.717, 1.165) is 16.6 Å². The van der Waals surface area contributed by atoms with Gasteiger partial charge in [0.15, 0.2) is 0 Å². The van der Waals surface area contributed by atoms with E-state index in [4.69, 9.17) is 5.73 Å². The van der Waals surface area contributed by atoms with Crippen molar-refractivity contribution in [2.45, 2.75) is 13.8 Å². The van der Waals surface area contributed by atoms with Gasteiger partial charge in [0.25, 0.3) is 0 Å². The van der Waals surface area contributed by atoms with E-state index in [0.29, 0.717) is 6.54 Å². The number of halogens is 1. The molecule has 0 saturated heterocycles. The summed E-state index contributed by atoms with van der Waals surface area (Å²) in [7, 11) is 0. The number of rotatable bonds is 3. The Bertz CT molecular complexity index is 550. The van der Waals surface area contributed by atoms with Crippen LogP contribution >= 0.6 is 12.4 Å². The molecule has 0 spiro atoms. The lowest BCUT2D eigenvalue weighted by Crippen LogP contribution is -2.37. The van der Waals surface area contributed by atoms with Crippen molar-refractivity contribution >= 4 is 34.9 Å². The number of fused-ring (bicyclic) bond motifs is 1. The minimum atomic E-state index is -0.581. The summed E-state index contributed by atoms with van der Waals surface area (Å²) in [4.78, 5) is 12.0. The van der Waals surface area contributed by atoms with Gasteiger partial charge in [0, 0.05) is 11.9 Å². The quantitative estimate of drug-likeness (QED) is 0.795. The van der Waals surface area contributed by atoms with Crippen molar-refractivity contribution in [3.63, 3.8) is 0 Å². The molecule has 1 amide bonds. The highest BCUT2D eigenvalue weighted by molar-refractivity contribution is 6.02. The molecule has 0 aliphatic heterocycles. The van der Waals surface area contributed by atoms with Gasteiger partial charge in [-0.3, -0.25) is 9.89 Å². The molecule has 2 rings (SSSR count). The van der Waals surface area contributed by atoms with Gasteiger partial charge in [-0.15, -0.1) is 12.4 Å². The SMILES string of the molecule is CC(C)(CN)C(=O)Nc1cccc2cn[nH]c12.Cl. The van der Waals surface area contributed by atoms with Gasteiger partial charge >= 0.3 is 0 Å². The Morgan fingerprint density at radius 1 is 1.50 bits per heavy atom. The Kier molecular flexibility index (Phi) is 4.32. The lowest BCUT2D eigenvalue weighted by molar-refractivity contribution is -0.123. The maximum atomic E-state index is 12.0. The largest absolute Gasteiger partial charge is 0.329 e. The maximum absolute atomic E-state index is 12.0. The average Bonchev–Trinajstić information content (AvgIpc) is 2.78. The van der Waals surface area contributed by atoms with Crippen LogP contribution in [0.4, 0.5) is 5.69 Å². The highest BCUT2D eigenvalue weighted by Crippen LogP contribution is 2.23. The third-order valence-corrected chi connectivity index (χ3v) is 2.85. The minimum absolute atomic E-state index is 0. The van der Waals surface area contributed by atoms with Crippen molar-refractivity contribution in [2.24, 2.45) is 11.1 Å². The van der Waals surface area contributed by atoms with Crippen LogP contribution in [0.2, 0.25) is 0 Å². The number of hydrogen-bond acceptors (Lipinski definition) is 3. The summed E-state index contributed by atoms with van der Waals surface area (Å²) in [6.45, 7) is 3.93.